The summed E-state index contributed by atoms with van der Waals surface area (Å²) in [6, 6.07) is 0. The van der Waals surface area contributed by atoms with Crippen LogP contribution in [0.25, 0.3) is 0 Å². The average molecular weight is 170 g/mol. The third-order valence-electron chi connectivity index (χ3n) is 3.28. The molecule has 64 valence electrons. The summed E-state index contributed by atoms with van der Waals surface area (Å²) in [5, 5.41) is 0. The molecule has 1 heterocycles. The highest BCUT2D eigenvalue weighted by Gasteiger charge is 2.26. The minimum Gasteiger partial charge on any atom is -0.162 e. The molecule has 2 fully saturated rings. The molecule has 1 saturated heterocycles. The Morgan fingerprint density at radius 1 is 0.818 bits per heavy atom. The van der Waals surface area contributed by atoms with Crippen molar-refractivity contribution in [2.24, 2.45) is 11.8 Å². The zero-order chi connectivity index (χ0) is 7.52. The second-order valence-electron chi connectivity index (χ2n) is 4.02. The van der Waals surface area contributed by atoms with Crippen LogP contribution in [0.1, 0.15) is 38.5 Å². The molecule has 0 aromatic heterocycles. The Balaban J connectivity index is 1.82. The van der Waals surface area contributed by atoms with Gasteiger partial charge in [-0.2, -0.15) is 11.8 Å². The minimum atomic E-state index is 1.11. The quantitative estimate of drug-likeness (QED) is 0.582. The lowest BCUT2D eigenvalue weighted by atomic mass is 9.80. The molecule has 0 amide bonds. The topological polar surface area (TPSA) is 0 Å². The molecule has 0 nitrogen and oxygen atoms in total. The van der Waals surface area contributed by atoms with Crippen molar-refractivity contribution < 1.29 is 0 Å². The SMILES string of the molecule is C1CCC(C2CCSC2)CC1. The number of rotatable bonds is 1. The zero-order valence-electron chi connectivity index (χ0n) is 7.22. The second kappa shape index (κ2) is 3.84. The Morgan fingerprint density at radius 2 is 1.64 bits per heavy atom. The van der Waals surface area contributed by atoms with Gasteiger partial charge in [0.2, 0.25) is 0 Å². The van der Waals surface area contributed by atoms with Crippen LogP contribution >= 0.6 is 11.8 Å². The molecule has 1 heteroatoms. The summed E-state index contributed by atoms with van der Waals surface area (Å²) >= 11 is 2.18. The van der Waals surface area contributed by atoms with Gasteiger partial charge in [0.15, 0.2) is 0 Å². The second-order valence-corrected chi connectivity index (χ2v) is 5.17. The fraction of sp³-hybridized carbons (Fsp3) is 1.00. The van der Waals surface area contributed by atoms with Gasteiger partial charge in [0.25, 0.3) is 0 Å². The maximum Gasteiger partial charge on any atom is -0.00362 e. The third kappa shape index (κ3) is 1.93. The van der Waals surface area contributed by atoms with Crippen molar-refractivity contribution in [1.29, 1.82) is 0 Å². The summed E-state index contributed by atoms with van der Waals surface area (Å²) in [6.45, 7) is 0. The van der Waals surface area contributed by atoms with Crippen LogP contribution in [-0.4, -0.2) is 11.5 Å². The van der Waals surface area contributed by atoms with Gasteiger partial charge in [-0.05, 0) is 29.8 Å². The fourth-order valence-electron chi connectivity index (χ4n) is 2.53. The van der Waals surface area contributed by atoms with E-state index in [2.05, 4.69) is 11.8 Å². The molecule has 1 aliphatic carbocycles. The lowest BCUT2D eigenvalue weighted by Crippen LogP contribution is -2.17. The van der Waals surface area contributed by atoms with Crippen LogP contribution in [0.4, 0.5) is 0 Å². The van der Waals surface area contributed by atoms with Crippen molar-refractivity contribution in [1.82, 2.24) is 0 Å². The van der Waals surface area contributed by atoms with Crippen LogP contribution in [-0.2, 0) is 0 Å². The maximum atomic E-state index is 2.18. The molecule has 0 aromatic carbocycles. The van der Waals surface area contributed by atoms with Gasteiger partial charge < -0.3 is 0 Å². The van der Waals surface area contributed by atoms with Crippen molar-refractivity contribution in [2.45, 2.75) is 38.5 Å². The predicted octanol–water partition coefficient (Wildman–Crippen LogP) is 3.32. The highest BCUT2D eigenvalue weighted by Crippen LogP contribution is 2.37. The van der Waals surface area contributed by atoms with Crippen LogP contribution in [0.2, 0.25) is 0 Å². The summed E-state index contributed by atoms with van der Waals surface area (Å²) in [4.78, 5) is 0. The van der Waals surface area contributed by atoms with E-state index in [0.717, 1.165) is 11.8 Å². The lowest BCUT2D eigenvalue weighted by molar-refractivity contribution is 0.268. The van der Waals surface area contributed by atoms with Crippen molar-refractivity contribution in [3.8, 4) is 0 Å². The average Bonchev–Trinajstić information content (AvgIpc) is 2.58. The molecule has 1 saturated carbocycles. The van der Waals surface area contributed by atoms with E-state index in [1.807, 2.05) is 0 Å². The van der Waals surface area contributed by atoms with Gasteiger partial charge in [-0.15, -0.1) is 0 Å². The summed E-state index contributed by atoms with van der Waals surface area (Å²) < 4.78 is 0. The third-order valence-corrected chi connectivity index (χ3v) is 4.47. The van der Waals surface area contributed by atoms with Crippen molar-refractivity contribution >= 4 is 11.8 Å². The molecule has 0 bridgehead atoms. The smallest absolute Gasteiger partial charge is 0.00362 e. The number of thioether (sulfide) groups is 1. The Morgan fingerprint density at radius 3 is 2.27 bits per heavy atom. The first kappa shape index (κ1) is 7.97. The van der Waals surface area contributed by atoms with Crippen LogP contribution in [0.15, 0.2) is 0 Å². The molecule has 1 unspecified atom stereocenters. The summed E-state index contributed by atoms with van der Waals surface area (Å²) in [5.74, 6) is 5.16. The van der Waals surface area contributed by atoms with E-state index in [9.17, 15) is 0 Å². The van der Waals surface area contributed by atoms with Crippen LogP contribution in [0.3, 0.4) is 0 Å². The van der Waals surface area contributed by atoms with E-state index in [-0.39, 0.29) is 0 Å². The first-order valence-electron chi connectivity index (χ1n) is 5.04. The summed E-state index contributed by atoms with van der Waals surface area (Å²) in [7, 11) is 0. The number of hydrogen-bond acceptors (Lipinski definition) is 1. The van der Waals surface area contributed by atoms with Crippen molar-refractivity contribution in [3.05, 3.63) is 0 Å². The van der Waals surface area contributed by atoms with E-state index in [4.69, 9.17) is 0 Å². The molecular weight excluding hydrogens is 152 g/mol. The Labute approximate surface area is 74.1 Å². The van der Waals surface area contributed by atoms with Crippen LogP contribution in [0.5, 0.6) is 0 Å². The molecule has 11 heavy (non-hydrogen) atoms. The molecule has 2 aliphatic rings. The summed E-state index contributed by atoms with van der Waals surface area (Å²) in [5.41, 5.74) is 0. The zero-order valence-corrected chi connectivity index (χ0v) is 8.04. The Kier molecular flexibility index (Phi) is 2.78. The molecule has 1 atom stereocenters. The summed E-state index contributed by atoms with van der Waals surface area (Å²) in [6.07, 6.45) is 9.17. The highest BCUT2D eigenvalue weighted by molar-refractivity contribution is 7.99. The van der Waals surface area contributed by atoms with E-state index >= 15 is 0 Å². The largest absolute Gasteiger partial charge is 0.162 e. The van der Waals surface area contributed by atoms with Gasteiger partial charge in [0, 0.05) is 0 Å². The van der Waals surface area contributed by atoms with Gasteiger partial charge >= 0.3 is 0 Å². The monoisotopic (exact) mass is 170 g/mol. The molecule has 0 aromatic rings. The minimum absolute atomic E-state index is 1.11. The lowest BCUT2D eigenvalue weighted by Gasteiger charge is -2.26. The molecule has 2 rings (SSSR count). The van der Waals surface area contributed by atoms with Crippen LogP contribution in [0, 0.1) is 11.8 Å². The van der Waals surface area contributed by atoms with Gasteiger partial charge in [-0.3, -0.25) is 0 Å². The molecule has 0 N–H and O–H groups in total. The van der Waals surface area contributed by atoms with E-state index in [1.54, 1.807) is 12.8 Å². The van der Waals surface area contributed by atoms with E-state index in [1.165, 1.54) is 37.2 Å². The fourth-order valence-corrected chi connectivity index (χ4v) is 3.91. The normalized spacial score (nSPS) is 34.4. The van der Waals surface area contributed by atoms with Crippen LogP contribution < -0.4 is 0 Å². The Hall–Kier alpha value is 0.350. The first-order chi connectivity index (χ1) is 5.47. The van der Waals surface area contributed by atoms with Gasteiger partial charge in [0.05, 0.1) is 0 Å². The van der Waals surface area contributed by atoms with E-state index in [0.29, 0.717) is 0 Å². The van der Waals surface area contributed by atoms with Gasteiger partial charge in [-0.1, -0.05) is 32.1 Å². The first-order valence-corrected chi connectivity index (χ1v) is 6.20. The highest BCUT2D eigenvalue weighted by atomic mass is 32.2. The van der Waals surface area contributed by atoms with Gasteiger partial charge in [-0.25, -0.2) is 0 Å². The predicted molar refractivity (Wildman–Crippen MR) is 52.0 cm³/mol. The van der Waals surface area contributed by atoms with E-state index < -0.39 is 0 Å². The maximum absolute atomic E-state index is 2.18. The molecular formula is C10H18S. The number of hydrogen-bond donors (Lipinski definition) is 0. The van der Waals surface area contributed by atoms with Crippen molar-refractivity contribution in [3.63, 3.8) is 0 Å². The molecule has 0 radical (unpaired) electrons. The molecule has 1 aliphatic heterocycles. The molecule has 0 spiro atoms. The standard InChI is InChI=1S/C10H18S/c1-2-4-9(5-3-1)10-6-7-11-8-10/h9-10H,1-8H2. The van der Waals surface area contributed by atoms with Gasteiger partial charge in [0.1, 0.15) is 0 Å². The Bertz CT molecular complexity index is 110. The van der Waals surface area contributed by atoms with Crippen molar-refractivity contribution in [2.75, 3.05) is 11.5 Å².